The van der Waals surface area contributed by atoms with Crippen LogP contribution in [-0.2, 0) is 14.3 Å². The van der Waals surface area contributed by atoms with Crippen molar-refractivity contribution in [1.29, 1.82) is 0 Å². The van der Waals surface area contributed by atoms with Crippen LogP contribution in [0.1, 0.15) is 25.8 Å². The smallest absolute Gasteiger partial charge is 0.303 e. The predicted molar refractivity (Wildman–Crippen MR) is 76.3 cm³/mol. The van der Waals surface area contributed by atoms with Gasteiger partial charge in [-0.05, 0) is 30.7 Å². The molecule has 0 radical (unpaired) electrons. The number of hydrogen-bond acceptors (Lipinski definition) is 3. The molecule has 0 heterocycles. The van der Waals surface area contributed by atoms with Crippen molar-refractivity contribution in [2.75, 3.05) is 0 Å². The molecule has 19 heavy (non-hydrogen) atoms. The van der Waals surface area contributed by atoms with Crippen molar-refractivity contribution < 1.29 is 14.3 Å². The molecule has 1 atom stereocenters. The van der Waals surface area contributed by atoms with E-state index >= 15 is 0 Å². The fraction of sp³-hybridized carbons (Fsp3) is 0.286. The highest BCUT2D eigenvalue weighted by molar-refractivity contribution is 6.35. The molecule has 102 valence electrons. The summed E-state index contributed by atoms with van der Waals surface area (Å²) in [5.41, 5.74) is 0.742. The highest BCUT2D eigenvalue weighted by Gasteiger charge is 2.11. The Hall–Kier alpha value is -1.32. The molecular weight excluding hydrogens is 287 g/mol. The number of hydrogen-bond donors (Lipinski definition) is 0. The van der Waals surface area contributed by atoms with Gasteiger partial charge in [0.15, 0.2) is 0 Å². The number of benzene rings is 1. The lowest BCUT2D eigenvalue weighted by Gasteiger charge is -2.11. The van der Waals surface area contributed by atoms with Gasteiger partial charge in [0.2, 0.25) is 0 Å². The summed E-state index contributed by atoms with van der Waals surface area (Å²) in [6.07, 6.45) is 2.90. The quantitative estimate of drug-likeness (QED) is 0.774. The minimum Gasteiger partial charge on any atom is -0.458 e. The maximum absolute atomic E-state index is 11.1. The van der Waals surface area contributed by atoms with Crippen molar-refractivity contribution in [3.05, 3.63) is 39.9 Å². The van der Waals surface area contributed by atoms with E-state index in [0.29, 0.717) is 10.0 Å². The molecule has 0 amide bonds. The SMILES string of the molecule is CC(=O)CC(C=Cc1ccc(Cl)cc1Cl)OC(C)=O. The van der Waals surface area contributed by atoms with Crippen molar-refractivity contribution in [3.63, 3.8) is 0 Å². The molecule has 0 saturated carbocycles. The first-order valence-corrected chi connectivity index (χ1v) is 6.44. The van der Waals surface area contributed by atoms with Crippen LogP contribution in [0.3, 0.4) is 0 Å². The summed E-state index contributed by atoms with van der Waals surface area (Å²) in [5.74, 6) is -0.490. The highest BCUT2D eigenvalue weighted by atomic mass is 35.5. The minimum absolute atomic E-state index is 0.0573. The summed E-state index contributed by atoms with van der Waals surface area (Å²) in [6.45, 7) is 2.75. The van der Waals surface area contributed by atoms with E-state index < -0.39 is 12.1 Å². The van der Waals surface area contributed by atoms with Crippen LogP contribution in [0.25, 0.3) is 6.08 Å². The first-order valence-electron chi connectivity index (χ1n) is 5.68. The molecular formula is C14H14Cl2O3. The number of ketones is 1. The zero-order chi connectivity index (χ0) is 14.4. The summed E-state index contributed by atoms with van der Waals surface area (Å²) in [7, 11) is 0. The van der Waals surface area contributed by atoms with Gasteiger partial charge in [-0.25, -0.2) is 0 Å². The first-order chi connectivity index (χ1) is 8.88. The summed E-state index contributed by atoms with van der Waals surface area (Å²) >= 11 is 11.8. The number of ether oxygens (including phenoxy) is 1. The lowest BCUT2D eigenvalue weighted by molar-refractivity contribution is -0.144. The molecule has 1 rings (SSSR count). The van der Waals surface area contributed by atoms with E-state index in [-0.39, 0.29) is 12.2 Å². The van der Waals surface area contributed by atoms with E-state index in [0.717, 1.165) is 5.56 Å². The lowest BCUT2D eigenvalue weighted by Crippen LogP contribution is -2.16. The van der Waals surface area contributed by atoms with Crippen molar-refractivity contribution in [1.82, 2.24) is 0 Å². The van der Waals surface area contributed by atoms with E-state index in [1.54, 1.807) is 30.4 Å². The third kappa shape index (κ3) is 5.90. The number of halogens is 2. The summed E-state index contributed by atoms with van der Waals surface area (Å²) in [6, 6.07) is 5.08. The number of Topliss-reactive ketones (excluding diaryl/α,β-unsaturated/α-hetero) is 1. The van der Waals surface area contributed by atoms with E-state index in [9.17, 15) is 9.59 Å². The molecule has 1 aromatic rings. The van der Waals surface area contributed by atoms with E-state index in [4.69, 9.17) is 27.9 Å². The fourth-order valence-electron chi connectivity index (χ4n) is 1.49. The number of rotatable bonds is 5. The first kappa shape index (κ1) is 15.7. The van der Waals surface area contributed by atoms with Crippen LogP contribution in [0.2, 0.25) is 10.0 Å². The molecule has 0 N–H and O–H groups in total. The maximum atomic E-state index is 11.1. The normalized spacial score (nSPS) is 12.4. The van der Waals surface area contributed by atoms with Crippen LogP contribution in [0, 0.1) is 0 Å². The second-order valence-electron chi connectivity index (χ2n) is 4.08. The van der Waals surface area contributed by atoms with E-state index in [1.165, 1.54) is 13.8 Å². The highest BCUT2D eigenvalue weighted by Crippen LogP contribution is 2.22. The second-order valence-corrected chi connectivity index (χ2v) is 4.92. The molecule has 1 aromatic carbocycles. The Morgan fingerprint density at radius 1 is 1.32 bits per heavy atom. The van der Waals surface area contributed by atoms with Crippen molar-refractivity contribution >= 4 is 41.0 Å². The third-order valence-corrected chi connectivity index (χ3v) is 2.82. The molecule has 0 saturated heterocycles. The Kier molecular flexibility index (Phi) is 6.06. The molecule has 0 aliphatic carbocycles. The van der Waals surface area contributed by atoms with Crippen LogP contribution in [0.5, 0.6) is 0 Å². The lowest BCUT2D eigenvalue weighted by atomic mass is 10.1. The monoisotopic (exact) mass is 300 g/mol. The van der Waals surface area contributed by atoms with Gasteiger partial charge in [0.05, 0.1) is 0 Å². The van der Waals surface area contributed by atoms with Gasteiger partial charge in [-0.1, -0.05) is 35.3 Å². The molecule has 0 spiro atoms. The van der Waals surface area contributed by atoms with Gasteiger partial charge in [0.1, 0.15) is 11.9 Å². The van der Waals surface area contributed by atoms with Crippen LogP contribution < -0.4 is 0 Å². The summed E-state index contributed by atoms with van der Waals surface area (Å²) < 4.78 is 5.03. The molecule has 0 aliphatic heterocycles. The molecule has 0 bridgehead atoms. The Labute approximate surface area is 122 Å². The molecule has 1 unspecified atom stereocenters. The number of carbonyl (C=O) groups is 2. The van der Waals surface area contributed by atoms with Crippen LogP contribution in [0.4, 0.5) is 0 Å². The topological polar surface area (TPSA) is 43.4 Å². The fourth-order valence-corrected chi connectivity index (χ4v) is 1.96. The third-order valence-electron chi connectivity index (χ3n) is 2.26. The van der Waals surface area contributed by atoms with Gasteiger partial charge < -0.3 is 4.74 Å². The standard InChI is InChI=1S/C14H14Cl2O3/c1-9(17)7-13(19-10(2)18)6-4-11-3-5-12(15)8-14(11)16/h3-6,8,13H,7H2,1-2H3. The Morgan fingerprint density at radius 3 is 2.53 bits per heavy atom. The van der Waals surface area contributed by atoms with Crippen LogP contribution >= 0.6 is 23.2 Å². The van der Waals surface area contributed by atoms with Crippen LogP contribution in [-0.4, -0.2) is 17.9 Å². The van der Waals surface area contributed by atoms with Crippen molar-refractivity contribution in [2.24, 2.45) is 0 Å². The Balaban J connectivity index is 2.84. The average Bonchev–Trinajstić information content (AvgIpc) is 2.25. The molecule has 5 heteroatoms. The maximum Gasteiger partial charge on any atom is 0.303 e. The minimum atomic E-state index is -0.582. The van der Waals surface area contributed by atoms with Crippen LogP contribution in [0.15, 0.2) is 24.3 Å². The zero-order valence-corrected chi connectivity index (χ0v) is 12.2. The van der Waals surface area contributed by atoms with E-state index in [1.807, 2.05) is 0 Å². The van der Waals surface area contributed by atoms with Crippen molar-refractivity contribution in [2.45, 2.75) is 26.4 Å². The summed E-state index contributed by atoms with van der Waals surface area (Å²) in [5, 5.41) is 1.04. The molecule has 3 nitrogen and oxygen atoms in total. The van der Waals surface area contributed by atoms with Gasteiger partial charge in [-0.3, -0.25) is 9.59 Å². The summed E-state index contributed by atoms with van der Waals surface area (Å²) in [4.78, 5) is 22.0. The van der Waals surface area contributed by atoms with Gasteiger partial charge in [0.25, 0.3) is 0 Å². The van der Waals surface area contributed by atoms with Gasteiger partial charge in [-0.15, -0.1) is 0 Å². The second kappa shape index (κ2) is 7.31. The number of esters is 1. The Morgan fingerprint density at radius 2 is 2.00 bits per heavy atom. The zero-order valence-electron chi connectivity index (χ0n) is 10.7. The molecule has 0 fully saturated rings. The molecule has 0 aliphatic rings. The van der Waals surface area contributed by atoms with E-state index in [2.05, 4.69) is 0 Å². The Bertz CT molecular complexity index is 493. The predicted octanol–water partition coefficient (Wildman–Crippen LogP) is 3.92. The number of carbonyl (C=O) groups excluding carboxylic acids is 2. The average molecular weight is 301 g/mol. The van der Waals surface area contributed by atoms with Gasteiger partial charge in [-0.2, -0.15) is 0 Å². The van der Waals surface area contributed by atoms with Crippen molar-refractivity contribution in [3.8, 4) is 0 Å². The van der Waals surface area contributed by atoms with Gasteiger partial charge in [0, 0.05) is 23.4 Å². The van der Waals surface area contributed by atoms with Gasteiger partial charge >= 0.3 is 5.97 Å². The largest absolute Gasteiger partial charge is 0.458 e. The molecule has 0 aromatic heterocycles.